The Labute approximate surface area is 172 Å². The lowest BCUT2D eigenvalue weighted by molar-refractivity contribution is 0.0697. The largest absolute Gasteiger partial charge is 0.336 e. The van der Waals surface area contributed by atoms with Crippen LogP contribution in [0.15, 0.2) is 39.0 Å². The van der Waals surface area contributed by atoms with Gasteiger partial charge in [0.25, 0.3) is 5.91 Å². The fourth-order valence-corrected chi connectivity index (χ4v) is 6.54. The lowest BCUT2D eigenvalue weighted by Crippen LogP contribution is -2.50. The molecule has 0 bridgehead atoms. The number of nitrogens with zero attached hydrogens (tertiary/aromatic N) is 2. The van der Waals surface area contributed by atoms with E-state index in [1.165, 1.54) is 21.2 Å². The van der Waals surface area contributed by atoms with Gasteiger partial charge in [0.15, 0.2) is 0 Å². The number of benzene rings is 1. The van der Waals surface area contributed by atoms with E-state index in [1.54, 1.807) is 40.5 Å². The summed E-state index contributed by atoms with van der Waals surface area (Å²) in [6.45, 7) is 1.52. The fourth-order valence-electron chi connectivity index (χ4n) is 3.73. The van der Waals surface area contributed by atoms with Crippen molar-refractivity contribution in [2.24, 2.45) is 0 Å². The smallest absolute Gasteiger partial charge is 0.255 e. The molecule has 2 aromatic rings. The average Bonchev–Trinajstić information content (AvgIpc) is 3.12. The summed E-state index contributed by atoms with van der Waals surface area (Å²) in [6, 6.07) is 6.67. The molecule has 5 nitrogen and oxygen atoms in total. The van der Waals surface area contributed by atoms with Crippen molar-refractivity contribution in [2.45, 2.75) is 30.6 Å². The number of halogens is 1. The number of sulfonamides is 1. The first-order valence-corrected chi connectivity index (χ1v) is 12.2. The third-order valence-corrected chi connectivity index (χ3v) is 8.80. The molecule has 1 aliphatic carbocycles. The van der Waals surface area contributed by atoms with Gasteiger partial charge in [-0.1, -0.05) is 15.9 Å². The van der Waals surface area contributed by atoms with Gasteiger partial charge >= 0.3 is 0 Å². The van der Waals surface area contributed by atoms with Crippen molar-refractivity contribution in [1.82, 2.24) is 9.21 Å². The van der Waals surface area contributed by atoms with Crippen molar-refractivity contribution in [3.63, 3.8) is 0 Å². The Bertz CT molecular complexity index is 946. The van der Waals surface area contributed by atoms with Gasteiger partial charge < -0.3 is 4.90 Å². The zero-order chi connectivity index (χ0) is 19.0. The van der Waals surface area contributed by atoms with E-state index in [-0.39, 0.29) is 10.8 Å². The van der Waals surface area contributed by atoms with Crippen LogP contribution in [0.25, 0.3) is 0 Å². The first-order chi connectivity index (χ1) is 13.0. The Morgan fingerprint density at radius 3 is 2.37 bits per heavy atom. The third-order valence-electron chi connectivity index (χ3n) is 5.27. The number of carbonyl (C=O) groups is 1. The van der Waals surface area contributed by atoms with Gasteiger partial charge in [-0.3, -0.25) is 4.79 Å². The van der Waals surface area contributed by atoms with Crippen LogP contribution in [-0.2, 0) is 22.9 Å². The van der Waals surface area contributed by atoms with Crippen LogP contribution in [0.4, 0.5) is 0 Å². The quantitative estimate of drug-likeness (QED) is 0.691. The second-order valence-corrected chi connectivity index (χ2v) is 10.7. The molecule has 144 valence electrons. The number of carbonyl (C=O) groups excluding carboxylic acids is 1. The first kappa shape index (κ1) is 19.1. The number of piperazine rings is 1. The first-order valence-electron chi connectivity index (χ1n) is 9.11. The molecule has 1 fully saturated rings. The normalized spacial score (nSPS) is 18.3. The van der Waals surface area contributed by atoms with E-state index in [9.17, 15) is 13.2 Å². The summed E-state index contributed by atoms with van der Waals surface area (Å²) in [7, 11) is -3.52. The summed E-state index contributed by atoms with van der Waals surface area (Å²) >= 11 is 5.02. The predicted molar refractivity (Wildman–Crippen MR) is 110 cm³/mol. The van der Waals surface area contributed by atoms with Crippen molar-refractivity contribution in [2.75, 3.05) is 26.2 Å². The number of hydrogen-bond donors (Lipinski definition) is 0. The molecule has 0 spiro atoms. The zero-order valence-electron chi connectivity index (χ0n) is 14.9. The van der Waals surface area contributed by atoms with Gasteiger partial charge in [0.1, 0.15) is 0 Å². The Morgan fingerprint density at radius 1 is 1.00 bits per heavy atom. The van der Waals surface area contributed by atoms with E-state index in [0.29, 0.717) is 26.2 Å². The van der Waals surface area contributed by atoms with E-state index in [0.717, 1.165) is 29.3 Å². The number of aryl methyl sites for hydroxylation is 1. The van der Waals surface area contributed by atoms with E-state index in [1.807, 2.05) is 5.38 Å². The monoisotopic (exact) mass is 468 g/mol. The molecule has 1 aromatic carbocycles. The molecule has 1 aromatic heterocycles. The van der Waals surface area contributed by atoms with Crippen molar-refractivity contribution in [3.05, 3.63) is 50.1 Å². The summed E-state index contributed by atoms with van der Waals surface area (Å²) in [5.41, 5.74) is 2.06. The van der Waals surface area contributed by atoms with Crippen LogP contribution in [0.1, 0.15) is 33.6 Å². The Morgan fingerprint density at radius 2 is 1.67 bits per heavy atom. The van der Waals surface area contributed by atoms with Gasteiger partial charge in [-0.05, 0) is 55.5 Å². The van der Waals surface area contributed by atoms with Crippen molar-refractivity contribution >= 4 is 43.2 Å². The molecule has 2 aliphatic rings. The van der Waals surface area contributed by atoms with Crippen LogP contribution in [0.5, 0.6) is 0 Å². The molecule has 8 heteroatoms. The fraction of sp³-hybridized carbons (Fsp3) is 0.421. The Balaban J connectivity index is 1.45. The molecule has 27 heavy (non-hydrogen) atoms. The van der Waals surface area contributed by atoms with E-state index in [2.05, 4.69) is 15.9 Å². The molecule has 0 N–H and O–H groups in total. The minimum absolute atomic E-state index is 0.0510. The second kappa shape index (κ2) is 7.66. The maximum atomic E-state index is 13.0. The SMILES string of the molecule is O=C(c1csc2c1CCCC2)N1CCN(S(=O)(=O)c2ccc(Br)cc2)CC1. The van der Waals surface area contributed by atoms with Crippen LogP contribution in [0.2, 0.25) is 0 Å². The second-order valence-electron chi connectivity index (χ2n) is 6.91. The molecule has 1 saturated heterocycles. The molecule has 0 unspecified atom stereocenters. The molecule has 0 atom stereocenters. The average molecular weight is 469 g/mol. The van der Waals surface area contributed by atoms with Gasteiger partial charge in [0, 0.05) is 40.9 Å². The maximum absolute atomic E-state index is 13.0. The van der Waals surface area contributed by atoms with Crippen LogP contribution >= 0.6 is 27.3 Å². The lowest BCUT2D eigenvalue weighted by atomic mass is 9.95. The minimum atomic E-state index is -3.52. The van der Waals surface area contributed by atoms with Gasteiger partial charge in [0.05, 0.1) is 10.5 Å². The predicted octanol–water partition coefficient (Wildman–Crippen LogP) is 3.54. The van der Waals surface area contributed by atoms with Crippen LogP contribution < -0.4 is 0 Å². The number of amides is 1. The summed E-state index contributed by atoms with van der Waals surface area (Å²) in [4.78, 5) is 16.4. The van der Waals surface area contributed by atoms with Crippen molar-refractivity contribution in [3.8, 4) is 0 Å². The highest BCUT2D eigenvalue weighted by Crippen LogP contribution is 2.31. The molecule has 1 aliphatic heterocycles. The molecule has 2 heterocycles. The highest BCUT2D eigenvalue weighted by atomic mass is 79.9. The van der Waals surface area contributed by atoms with E-state index < -0.39 is 10.0 Å². The number of thiophene rings is 1. The third kappa shape index (κ3) is 3.72. The van der Waals surface area contributed by atoms with Gasteiger partial charge in [-0.2, -0.15) is 4.31 Å². The summed E-state index contributed by atoms with van der Waals surface area (Å²) < 4.78 is 27.9. The van der Waals surface area contributed by atoms with E-state index >= 15 is 0 Å². The topological polar surface area (TPSA) is 57.7 Å². The number of rotatable bonds is 3. The van der Waals surface area contributed by atoms with Crippen molar-refractivity contribution in [1.29, 1.82) is 0 Å². The van der Waals surface area contributed by atoms with Gasteiger partial charge in [0.2, 0.25) is 10.0 Å². The molecule has 1 amide bonds. The molecule has 0 radical (unpaired) electrons. The van der Waals surface area contributed by atoms with Gasteiger partial charge in [-0.25, -0.2) is 8.42 Å². The Hall–Kier alpha value is -1.22. The lowest BCUT2D eigenvalue weighted by Gasteiger charge is -2.34. The molecular weight excluding hydrogens is 448 g/mol. The highest BCUT2D eigenvalue weighted by molar-refractivity contribution is 9.10. The standard InChI is InChI=1S/C19H21BrN2O3S2/c20-14-5-7-15(8-6-14)27(24,25)22-11-9-21(10-12-22)19(23)17-13-26-18-4-2-1-3-16(17)18/h5-8,13H,1-4,9-12H2. The molecule has 0 saturated carbocycles. The summed E-state index contributed by atoms with van der Waals surface area (Å²) in [5.74, 6) is 0.0510. The van der Waals surface area contributed by atoms with Gasteiger partial charge in [-0.15, -0.1) is 11.3 Å². The van der Waals surface area contributed by atoms with Crippen molar-refractivity contribution < 1.29 is 13.2 Å². The van der Waals surface area contributed by atoms with Crippen LogP contribution in [0.3, 0.4) is 0 Å². The highest BCUT2D eigenvalue weighted by Gasteiger charge is 2.31. The minimum Gasteiger partial charge on any atom is -0.336 e. The Kier molecular flexibility index (Phi) is 5.42. The summed E-state index contributed by atoms with van der Waals surface area (Å²) in [6.07, 6.45) is 4.40. The van der Waals surface area contributed by atoms with Crippen LogP contribution in [0, 0.1) is 0 Å². The molecular formula is C19H21BrN2O3S2. The summed E-state index contributed by atoms with van der Waals surface area (Å²) in [5, 5.41) is 1.99. The number of fused-ring (bicyclic) bond motifs is 1. The zero-order valence-corrected chi connectivity index (χ0v) is 18.1. The maximum Gasteiger partial charge on any atom is 0.255 e. The van der Waals surface area contributed by atoms with E-state index in [4.69, 9.17) is 0 Å². The molecule has 4 rings (SSSR count). The van der Waals surface area contributed by atoms with Crippen LogP contribution in [-0.4, -0.2) is 49.7 Å². The number of hydrogen-bond acceptors (Lipinski definition) is 4.